The van der Waals surface area contributed by atoms with E-state index in [1.54, 1.807) is 25.2 Å². The van der Waals surface area contributed by atoms with Gasteiger partial charge in [0, 0.05) is 58.4 Å². The maximum absolute atomic E-state index is 13.9. The predicted octanol–water partition coefficient (Wildman–Crippen LogP) is 3.25. The van der Waals surface area contributed by atoms with Crippen LogP contribution in [0.3, 0.4) is 0 Å². The zero-order valence-corrected chi connectivity index (χ0v) is 19.9. The number of methoxy groups -OCH3 is 1. The van der Waals surface area contributed by atoms with Crippen LogP contribution in [-0.4, -0.2) is 61.0 Å². The van der Waals surface area contributed by atoms with Gasteiger partial charge in [0.1, 0.15) is 0 Å². The molecule has 0 radical (unpaired) electrons. The molecule has 2 aromatic rings. The predicted molar refractivity (Wildman–Crippen MR) is 129 cm³/mol. The molecule has 0 amide bonds. The summed E-state index contributed by atoms with van der Waals surface area (Å²) in [5.41, 5.74) is 1.94. The molecule has 0 aromatic heterocycles. The molecule has 0 atom stereocenters. The van der Waals surface area contributed by atoms with Crippen molar-refractivity contribution in [2.45, 2.75) is 13.1 Å². The highest BCUT2D eigenvalue weighted by Gasteiger charge is 2.20. The topological polar surface area (TPSA) is 83.2 Å². The molecule has 168 valence electrons. The number of nitro benzene ring substituents is 1. The number of benzene rings is 2. The molecule has 1 aliphatic heterocycles. The molecule has 0 aliphatic carbocycles. The van der Waals surface area contributed by atoms with Crippen molar-refractivity contribution in [3.63, 3.8) is 0 Å². The summed E-state index contributed by atoms with van der Waals surface area (Å²) in [6.45, 7) is 4.51. The first-order valence-corrected chi connectivity index (χ1v) is 9.74. The first-order chi connectivity index (χ1) is 14.5. The van der Waals surface area contributed by atoms with Crippen LogP contribution in [0.15, 0.2) is 47.5 Å². The number of rotatable bonds is 6. The zero-order valence-electron chi connectivity index (χ0n) is 17.6. The van der Waals surface area contributed by atoms with Gasteiger partial charge in [-0.3, -0.25) is 20.0 Å². The molecule has 0 saturated carbocycles. The van der Waals surface area contributed by atoms with Crippen molar-refractivity contribution in [2.75, 3.05) is 40.3 Å². The van der Waals surface area contributed by atoms with Crippen molar-refractivity contribution in [1.82, 2.24) is 15.1 Å². The lowest BCUT2D eigenvalue weighted by atomic mass is 10.2. The van der Waals surface area contributed by atoms with Gasteiger partial charge in [0.2, 0.25) is 0 Å². The Kier molecular flexibility index (Phi) is 9.44. The van der Waals surface area contributed by atoms with Crippen LogP contribution in [0.2, 0.25) is 0 Å². The van der Waals surface area contributed by atoms with Gasteiger partial charge in [0.25, 0.3) is 5.69 Å². The van der Waals surface area contributed by atoms with Gasteiger partial charge in [-0.1, -0.05) is 18.2 Å². The van der Waals surface area contributed by atoms with E-state index in [1.807, 2.05) is 6.07 Å². The third-order valence-corrected chi connectivity index (χ3v) is 5.10. The normalized spacial score (nSPS) is 14.7. The quantitative estimate of drug-likeness (QED) is 0.198. The van der Waals surface area contributed by atoms with Crippen LogP contribution in [0.1, 0.15) is 11.1 Å². The van der Waals surface area contributed by atoms with E-state index in [4.69, 9.17) is 4.74 Å². The van der Waals surface area contributed by atoms with Gasteiger partial charge in [-0.15, -0.1) is 24.0 Å². The van der Waals surface area contributed by atoms with Gasteiger partial charge in [0.05, 0.1) is 12.0 Å². The van der Waals surface area contributed by atoms with E-state index in [2.05, 4.69) is 20.1 Å². The second-order valence-corrected chi connectivity index (χ2v) is 7.06. The second-order valence-electron chi connectivity index (χ2n) is 7.06. The Labute approximate surface area is 198 Å². The van der Waals surface area contributed by atoms with E-state index < -0.39 is 4.92 Å². The Morgan fingerprint density at radius 2 is 1.81 bits per heavy atom. The molecule has 10 heteroatoms. The molecule has 0 spiro atoms. The van der Waals surface area contributed by atoms with E-state index >= 15 is 0 Å². The van der Waals surface area contributed by atoms with Crippen LogP contribution in [-0.2, 0) is 13.1 Å². The number of piperazine rings is 1. The Balaban J connectivity index is 0.00000341. The number of hydrogen-bond donors (Lipinski definition) is 1. The number of halogens is 2. The van der Waals surface area contributed by atoms with Crippen molar-refractivity contribution in [3.8, 4) is 5.75 Å². The molecule has 1 N–H and O–H groups in total. The summed E-state index contributed by atoms with van der Waals surface area (Å²) in [5.74, 6) is 0.708. The monoisotopic (exact) mass is 543 g/mol. The number of non-ortho nitro benzene ring substituents is 1. The van der Waals surface area contributed by atoms with E-state index in [0.29, 0.717) is 13.1 Å². The lowest BCUT2D eigenvalue weighted by Gasteiger charge is -2.36. The lowest BCUT2D eigenvalue weighted by molar-refractivity contribution is -0.384. The number of nitro groups is 1. The van der Waals surface area contributed by atoms with Gasteiger partial charge in [0.15, 0.2) is 17.5 Å². The number of nitrogens with zero attached hydrogens (tertiary/aromatic N) is 4. The van der Waals surface area contributed by atoms with Gasteiger partial charge in [-0.2, -0.15) is 0 Å². The standard InChI is InChI=1S/C21H26FN5O3.HI/c1-23-21(24-14-16-3-6-18(7-4-16)27(28)29)26-11-9-25(10-12-26)15-17-5-8-20(30-2)19(22)13-17;/h3-8,13H,9-12,14-15H2,1-2H3,(H,23,24);1H. The van der Waals surface area contributed by atoms with Crippen molar-refractivity contribution in [2.24, 2.45) is 4.99 Å². The first kappa shape index (κ1) is 24.8. The van der Waals surface area contributed by atoms with E-state index in [9.17, 15) is 14.5 Å². The van der Waals surface area contributed by atoms with Crippen molar-refractivity contribution < 1.29 is 14.1 Å². The number of ether oxygens (including phenoxy) is 1. The minimum atomic E-state index is -0.407. The van der Waals surface area contributed by atoms with Gasteiger partial charge in [-0.05, 0) is 23.3 Å². The van der Waals surface area contributed by atoms with E-state index in [0.717, 1.165) is 43.3 Å². The number of aliphatic imine (C=N–C) groups is 1. The summed E-state index contributed by atoms with van der Waals surface area (Å²) < 4.78 is 18.9. The highest BCUT2D eigenvalue weighted by atomic mass is 127. The second kappa shape index (κ2) is 11.8. The first-order valence-electron chi connectivity index (χ1n) is 9.74. The zero-order chi connectivity index (χ0) is 21.5. The van der Waals surface area contributed by atoms with Crippen molar-refractivity contribution in [1.29, 1.82) is 0 Å². The fourth-order valence-electron chi connectivity index (χ4n) is 3.43. The van der Waals surface area contributed by atoms with Crippen LogP contribution < -0.4 is 10.1 Å². The number of hydrogen-bond acceptors (Lipinski definition) is 5. The molecule has 3 rings (SSSR count). The summed E-state index contributed by atoms with van der Waals surface area (Å²) in [4.78, 5) is 19.2. The fraction of sp³-hybridized carbons (Fsp3) is 0.381. The third kappa shape index (κ3) is 6.76. The molecule has 1 saturated heterocycles. The average Bonchev–Trinajstić information content (AvgIpc) is 2.76. The summed E-state index contributed by atoms with van der Waals surface area (Å²) in [5, 5.41) is 14.1. The molecule has 8 nitrogen and oxygen atoms in total. The molecule has 1 aliphatic rings. The highest BCUT2D eigenvalue weighted by molar-refractivity contribution is 14.0. The molecule has 0 unspecified atom stereocenters. The van der Waals surface area contributed by atoms with Crippen LogP contribution in [0.5, 0.6) is 5.75 Å². The SMILES string of the molecule is CN=C(NCc1ccc([N+](=O)[O-])cc1)N1CCN(Cc2ccc(OC)c(F)c2)CC1.I. The minimum absolute atomic E-state index is 0. The largest absolute Gasteiger partial charge is 0.494 e. The summed E-state index contributed by atoms with van der Waals surface area (Å²) in [6.07, 6.45) is 0. The average molecular weight is 543 g/mol. The highest BCUT2D eigenvalue weighted by Crippen LogP contribution is 2.19. The van der Waals surface area contributed by atoms with Gasteiger partial charge >= 0.3 is 0 Å². The molecular weight excluding hydrogens is 516 g/mol. The Bertz CT molecular complexity index is 902. The van der Waals surface area contributed by atoms with Crippen LogP contribution >= 0.6 is 24.0 Å². The van der Waals surface area contributed by atoms with Crippen LogP contribution in [0, 0.1) is 15.9 Å². The van der Waals surface area contributed by atoms with Crippen molar-refractivity contribution >= 4 is 35.6 Å². The Morgan fingerprint density at radius 1 is 1.16 bits per heavy atom. The fourth-order valence-corrected chi connectivity index (χ4v) is 3.43. The van der Waals surface area contributed by atoms with E-state index in [1.165, 1.54) is 25.3 Å². The molecular formula is C21H27FIN5O3. The van der Waals surface area contributed by atoms with Crippen LogP contribution in [0.4, 0.5) is 10.1 Å². The number of nitrogens with one attached hydrogen (secondary N) is 1. The minimum Gasteiger partial charge on any atom is -0.494 e. The smallest absolute Gasteiger partial charge is 0.269 e. The van der Waals surface area contributed by atoms with Crippen LogP contribution in [0.25, 0.3) is 0 Å². The lowest BCUT2D eigenvalue weighted by Crippen LogP contribution is -2.52. The maximum Gasteiger partial charge on any atom is 0.269 e. The summed E-state index contributed by atoms with van der Waals surface area (Å²) >= 11 is 0. The molecule has 0 bridgehead atoms. The summed E-state index contributed by atoms with van der Waals surface area (Å²) in [6, 6.07) is 11.6. The molecule has 1 fully saturated rings. The number of guanidine groups is 1. The summed E-state index contributed by atoms with van der Waals surface area (Å²) in [7, 11) is 3.20. The third-order valence-electron chi connectivity index (χ3n) is 5.10. The van der Waals surface area contributed by atoms with Gasteiger partial charge < -0.3 is 15.0 Å². The van der Waals surface area contributed by atoms with Crippen molar-refractivity contribution in [3.05, 3.63) is 69.5 Å². The Hall–Kier alpha value is -2.47. The van der Waals surface area contributed by atoms with Gasteiger partial charge in [-0.25, -0.2) is 4.39 Å². The maximum atomic E-state index is 13.9. The van der Waals surface area contributed by atoms with E-state index in [-0.39, 0.29) is 41.2 Å². The molecule has 1 heterocycles. The molecule has 31 heavy (non-hydrogen) atoms. The Morgan fingerprint density at radius 3 is 2.35 bits per heavy atom. The molecule has 2 aromatic carbocycles.